The van der Waals surface area contributed by atoms with Crippen LogP contribution >= 0.6 is 0 Å². The van der Waals surface area contributed by atoms with Crippen LogP contribution in [-0.4, -0.2) is 69.9 Å². The monoisotopic (exact) mass is 420 g/mol. The number of pyridine rings is 1. The van der Waals surface area contributed by atoms with Crippen LogP contribution < -0.4 is 0 Å². The Morgan fingerprint density at radius 3 is 2.35 bits per heavy atom. The minimum atomic E-state index is -0.649. The third-order valence-corrected chi connectivity index (χ3v) is 6.75. The van der Waals surface area contributed by atoms with Gasteiger partial charge in [-0.3, -0.25) is 14.7 Å². The molecule has 0 atom stereocenters. The van der Waals surface area contributed by atoms with Crippen LogP contribution in [-0.2, 0) is 17.6 Å². The normalized spacial score (nSPS) is 18.9. The van der Waals surface area contributed by atoms with Crippen molar-refractivity contribution in [2.45, 2.75) is 44.6 Å². The molecule has 0 unspecified atom stereocenters. The molecule has 1 aromatic heterocycles. The van der Waals surface area contributed by atoms with Gasteiger partial charge in [0.25, 0.3) is 5.91 Å². The number of likely N-dealkylation sites (tertiary alicyclic amines) is 1. The minimum absolute atomic E-state index is 0.00764. The summed E-state index contributed by atoms with van der Waals surface area (Å²) in [6.45, 7) is 5.73. The summed E-state index contributed by atoms with van der Waals surface area (Å²) in [6, 6.07) is 14.3. The number of hydrogen-bond acceptors (Lipinski definition) is 4. The summed E-state index contributed by atoms with van der Waals surface area (Å²) in [5.41, 5.74) is 1.82. The Labute approximate surface area is 184 Å². The fourth-order valence-corrected chi connectivity index (χ4v) is 4.97. The molecule has 2 aliphatic heterocycles. The maximum Gasteiger partial charge on any atom is 0.327 e. The molecule has 1 spiro atoms. The number of nitrogens with zero attached hydrogens (tertiary/aromatic N) is 4. The lowest BCUT2D eigenvalue weighted by Gasteiger charge is -2.42. The van der Waals surface area contributed by atoms with Crippen molar-refractivity contribution in [3.63, 3.8) is 0 Å². The number of amides is 3. The Morgan fingerprint density at radius 1 is 0.935 bits per heavy atom. The Kier molecular flexibility index (Phi) is 6.66. The first kappa shape index (κ1) is 21.5. The molecular formula is C25H32N4O2. The van der Waals surface area contributed by atoms with Crippen molar-refractivity contribution >= 4 is 11.9 Å². The lowest BCUT2D eigenvalue weighted by Crippen LogP contribution is -2.56. The minimum Gasteiger partial charge on any atom is -0.310 e. The molecule has 2 saturated heterocycles. The average Bonchev–Trinajstić information content (AvgIpc) is 3.00. The number of carbonyl (C=O) groups is 2. The maximum atomic E-state index is 13.4. The molecule has 1 aromatic carbocycles. The van der Waals surface area contributed by atoms with E-state index >= 15 is 0 Å². The van der Waals surface area contributed by atoms with Crippen LogP contribution in [0.15, 0.2) is 54.9 Å². The summed E-state index contributed by atoms with van der Waals surface area (Å²) in [7, 11) is 0. The molecule has 0 radical (unpaired) electrons. The van der Waals surface area contributed by atoms with Gasteiger partial charge >= 0.3 is 6.03 Å². The van der Waals surface area contributed by atoms with Crippen LogP contribution in [0.25, 0.3) is 0 Å². The van der Waals surface area contributed by atoms with E-state index in [1.54, 1.807) is 6.20 Å². The Balaban J connectivity index is 1.35. The third kappa shape index (κ3) is 4.49. The molecule has 2 fully saturated rings. The zero-order valence-electron chi connectivity index (χ0n) is 18.4. The van der Waals surface area contributed by atoms with Crippen LogP contribution in [0.1, 0.15) is 37.3 Å². The van der Waals surface area contributed by atoms with Gasteiger partial charge in [-0.25, -0.2) is 4.79 Å². The molecule has 31 heavy (non-hydrogen) atoms. The number of rotatable bonds is 8. The van der Waals surface area contributed by atoms with E-state index in [0.717, 1.165) is 57.3 Å². The van der Waals surface area contributed by atoms with Gasteiger partial charge in [-0.1, -0.05) is 36.4 Å². The van der Waals surface area contributed by atoms with E-state index in [0.29, 0.717) is 13.1 Å². The fraction of sp³-hybridized carbons (Fsp3) is 0.480. The molecule has 2 aromatic rings. The second-order valence-electron chi connectivity index (χ2n) is 8.56. The second-order valence-corrected chi connectivity index (χ2v) is 8.56. The fourth-order valence-electron chi connectivity index (χ4n) is 4.97. The highest BCUT2D eigenvalue weighted by Crippen LogP contribution is 2.37. The highest BCUT2D eigenvalue weighted by atomic mass is 16.2. The van der Waals surface area contributed by atoms with E-state index in [-0.39, 0.29) is 11.9 Å². The molecule has 0 aliphatic carbocycles. The van der Waals surface area contributed by atoms with Gasteiger partial charge in [-0.05, 0) is 56.2 Å². The first-order valence-corrected chi connectivity index (χ1v) is 11.4. The molecular weight excluding hydrogens is 388 g/mol. The van der Waals surface area contributed by atoms with Crippen LogP contribution in [0.4, 0.5) is 4.79 Å². The SMILES string of the molecule is CCN1C(=O)N(CCCc2cccnc2)C(=O)C12CCN(CCc1ccccc1)CC2. The van der Waals surface area contributed by atoms with Crippen LogP contribution in [0.2, 0.25) is 0 Å². The first-order chi connectivity index (χ1) is 15.1. The number of imide groups is 1. The highest BCUT2D eigenvalue weighted by Gasteiger charge is 2.56. The molecule has 3 heterocycles. The zero-order valence-corrected chi connectivity index (χ0v) is 18.4. The predicted octanol–water partition coefficient (Wildman–Crippen LogP) is 3.38. The number of piperidine rings is 1. The van der Waals surface area contributed by atoms with E-state index in [9.17, 15) is 9.59 Å². The van der Waals surface area contributed by atoms with Crippen molar-refractivity contribution in [3.8, 4) is 0 Å². The smallest absolute Gasteiger partial charge is 0.310 e. The topological polar surface area (TPSA) is 56.8 Å². The lowest BCUT2D eigenvalue weighted by atomic mass is 9.85. The van der Waals surface area contributed by atoms with E-state index in [2.05, 4.69) is 34.1 Å². The predicted molar refractivity (Wildman–Crippen MR) is 121 cm³/mol. The largest absolute Gasteiger partial charge is 0.327 e. The zero-order chi connectivity index (χ0) is 21.7. The number of urea groups is 1. The molecule has 0 saturated carbocycles. The van der Waals surface area contributed by atoms with E-state index < -0.39 is 5.54 Å². The number of aromatic nitrogens is 1. The van der Waals surface area contributed by atoms with Crippen molar-refractivity contribution in [1.29, 1.82) is 0 Å². The summed E-state index contributed by atoms with van der Waals surface area (Å²) >= 11 is 0. The van der Waals surface area contributed by atoms with Gasteiger partial charge in [0.2, 0.25) is 0 Å². The van der Waals surface area contributed by atoms with Crippen LogP contribution in [0, 0.1) is 0 Å². The average molecular weight is 421 g/mol. The second kappa shape index (κ2) is 9.60. The van der Waals surface area contributed by atoms with Crippen molar-refractivity contribution < 1.29 is 9.59 Å². The van der Waals surface area contributed by atoms with Crippen molar-refractivity contribution in [2.24, 2.45) is 0 Å². The third-order valence-electron chi connectivity index (χ3n) is 6.75. The van der Waals surface area contributed by atoms with Crippen LogP contribution in [0.5, 0.6) is 0 Å². The molecule has 6 nitrogen and oxygen atoms in total. The molecule has 164 valence electrons. The number of carbonyl (C=O) groups excluding carboxylic acids is 2. The molecule has 4 rings (SSSR count). The summed E-state index contributed by atoms with van der Waals surface area (Å²) in [5.74, 6) is 0.00764. The Bertz CT molecular complexity index is 879. The molecule has 6 heteroatoms. The van der Waals surface area contributed by atoms with Gasteiger partial charge in [0, 0.05) is 45.1 Å². The van der Waals surface area contributed by atoms with Crippen molar-refractivity contribution in [3.05, 3.63) is 66.0 Å². The van der Waals surface area contributed by atoms with Gasteiger partial charge in [-0.2, -0.15) is 0 Å². The Hall–Kier alpha value is -2.73. The van der Waals surface area contributed by atoms with E-state index in [1.165, 1.54) is 10.5 Å². The van der Waals surface area contributed by atoms with Gasteiger partial charge in [0.05, 0.1) is 0 Å². The molecule has 0 bridgehead atoms. The quantitative estimate of drug-likeness (QED) is 0.615. The molecule has 0 N–H and O–H groups in total. The van der Waals surface area contributed by atoms with Gasteiger partial charge in [0.1, 0.15) is 5.54 Å². The van der Waals surface area contributed by atoms with Gasteiger partial charge in [-0.15, -0.1) is 0 Å². The molecule has 2 aliphatic rings. The maximum absolute atomic E-state index is 13.4. The van der Waals surface area contributed by atoms with Gasteiger partial charge in [0.15, 0.2) is 0 Å². The lowest BCUT2D eigenvalue weighted by molar-refractivity contribution is -0.135. The van der Waals surface area contributed by atoms with E-state index in [1.807, 2.05) is 36.2 Å². The van der Waals surface area contributed by atoms with Gasteiger partial charge < -0.3 is 9.80 Å². The number of likely N-dealkylation sites (N-methyl/N-ethyl adjacent to an activating group) is 1. The van der Waals surface area contributed by atoms with Crippen molar-refractivity contribution in [2.75, 3.05) is 32.7 Å². The first-order valence-electron chi connectivity index (χ1n) is 11.4. The summed E-state index contributed by atoms with van der Waals surface area (Å²) < 4.78 is 0. The van der Waals surface area contributed by atoms with Crippen LogP contribution in [0.3, 0.4) is 0 Å². The van der Waals surface area contributed by atoms with E-state index in [4.69, 9.17) is 0 Å². The summed E-state index contributed by atoms with van der Waals surface area (Å²) in [4.78, 5) is 36.4. The summed E-state index contributed by atoms with van der Waals surface area (Å²) in [6.07, 6.45) is 7.64. The number of hydrogen-bond donors (Lipinski definition) is 0. The highest BCUT2D eigenvalue weighted by molar-refractivity contribution is 6.07. The molecule has 3 amide bonds. The number of aryl methyl sites for hydroxylation is 1. The Morgan fingerprint density at radius 2 is 1.68 bits per heavy atom. The number of benzene rings is 1. The summed E-state index contributed by atoms with van der Waals surface area (Å²) in [5, 5.41) is 0. The van der Waals surface area contributed by atoms with Crippen molar-refractivity contribution in [1.82, 2.24) is 19.7 Å². The standard InChI is InChI=1S/C25H32N4O2/c1-2-29-24(31)28(16-7-11-22-10-6-15-26-20-22)23(30)25(29)13-18-27(19-14-25)17-12-21-8-4-3-5-9-21/h3-6,8-10,15,20H,2,7,11-14,16-19H2,1H3.